The molecule has 0 unspecified atom stereocenters. The van der Waals surface area contributed by atoms with E-state index in [1.165, 1.54) is 24.3 Å². The predicted molar refractivity (Wildman–Crippen MR) is 72.5 cm³/mol. The van der Waals surface area contributed by atoms with Gasteiger partial charge < -0.3 is 10.4 Å². The zero-order valence-electron chi connectivity index (χ0n) is 9.45. The van der Waals surface area contributed by atoms with Gasteiger partial charge in [0, 0.05) is 21.8 Å². The van der Waals surface area contributed by atoms with Crippen molar-refractivity contribution in [3.8, 4) is 5.75 Å². The van der Waals surface area contributed by atoms with Crippen LogP contribution in [0.2, 0.25) is 10.0 Å². The van der Waals surface area contributed by atoms with E-state index < -0.39 is 17.5 Å². The van der Waals surface area contributed by atoms with E-state index in [1.54, 1.807) is 0 Å². The number of carbonyl (C=O) groups is 1. The van der Waals surface area contributed by atoms with Gasteiger partial charge in [-0.15, -0.1) is 0 Å². The third-order valence-corrected chi connectivity index (χ3v) is 2.76. The fraction of sp³-hybridized carbons (Fsp3) is 0. The van der Waals surface area contributed by atoms with Gasteiger partial charge >= 0.3 is 0 Å². The maximum Gasteiger partial charge on any atom is 0.259 e. The summed E-state index contributed by atoms with van der Waals surface area (Å²) in [4.78, 5) is 11.9. The molecule has 2 N–H and O–H groups in total. The summed E-state index contributed by atoms with van der Waals surface area (Å²) in [6, 6.07) is 7.66. The van der Waals surface area contributed by atoms with Crippen LogP contribution < -0.4 is 5.32 Å². The van der Waals surface area contributed by atoms with Crippen molar-refractivity contribution in [2.24, 2.45) is 0 Å². The number of halogens is 3. The van der Waals surface area contributed by atoms with Crippen molar-refractivity contribution in [3.63, 3.8) is 0 Å². The molecule has 98 valence electrons. The number of rotatable bonds is 2. The van der Waals surface area contributed by atoms with E-state index in [9.17, 15) is 14.3 Å². The first-order valence-corrected chi connectivity index (χ1v) is 5.97. The number of hydrogen-bond acceptors (Lipinski definition) is 2. The second-order valence-electron chi connectivity index (χ2n) is 3.77. The number of phenolic OH excluding ortho intramolecular Hbond substituents is 1. The number of carbonyl (C=O) groups excluding carboxylic acids is 1. The van der Waals surface area contributed by atoms with Crippen molar-refractivity contribution in [3.05, 3.63) is 57.8 Å². The molecular weight excluding hydrogens is 292 g/mol. The lowest BCUT2D eigenvalue weighted by Crippen LogP contribution is -2.12. The second kappa shape index (κ2) is 5.47. The van der Waals surface area contributed by atoms with E-state index >= 15 is 0 Å². The molecule has 0 radical (unpaired) electrons. The molecule has 2 rings (SSSR count). The lowest BCUT2D eigenvalue weighted by molar-refractivity contribution is 0.102. The lowest BCUT2D eigenvalue weighted by Gasteiger charge is -2.07. The van der Waals surface area contributed by atoms with Gasteiger partial charge in [-0.2, -0.15) is 0 Å². The van der Waals surface area contributed by atoms with Gasteiger partial charge in [0.2, 0.25) is 0 Å². The normalized spacial score (nSPS) is 10.3. The monoisotopic (exact) mass is 299 g/mol. The summed E-state index contributed by atoms with van der Waals surface area (Å²) in [5, 5.41) is 12.7. The van der Waals surface area contributed by atoms with Crippen LogP contribution in [-0.2, 0) is 0 Å². The fourth-order valence-electron chi connectivity index (χ4n) is 1.52. The molecule has 0 aromatic heterocycles. The van der Waals surface area contributed by atoms with Gasteiger partial charge in [0.1, 0.15) is 11.6 Å². The Balaban J connectivity index is 2.25. The van der Waals surface area contributed by atoms with Gasteiger partial charge in [-0.25, -0.2) is 4.39 Å². The first kappa shape index (κ1) is 13.6. The molecule has 0 aliphatic heterocycles. The molecule has 1 amide bonds. The largest absolute Gasteiger partial charge is 0.507 e. The molecule has 0 fully saturated rings. The van der Waals surface area contributed by atoms with Crippen LogP contribution in [0.4, 0.5) is 10.1 Å². The molecule has 0 saturated carbocycles. The number of benzene rings is 2. The van der Waals surface area contributed by atoms with Crippen molar-refractivity contribution in [1.82, 2.24) is 0 Å². The third kappa shape index (κ3) is 3.36. The van der Waals surface area contributed by atoms with E-state index in [1.807, 2.05) is 0 Å². The highest BCUT2D eigenvalue weighted by molar-refractivity contribution is 6.35. The molecule has 19 heavy (non-hydrogen) atoms. The summed E-state index contributed by atoms with van der Waals surface area (Å²) < 4.78 is 12.8. The van der Waals surface area contributed by atoms with Gasteiger partial charge in [0.15, 0.2) is 0 Å². The summed E-state index contributed by atoms with van der Waals surface area (Å²) >= 11 is 11.6. The Labute approximate surface area is 118 Å². The first-order valence-electron chi connectivity index (χ1n) is 5.21. The van der Waals surface area contributed by atoms with Crippen molar-refractivity contribution < 1.29 is 14.3 Å². The van der Waals surface area contributed by atoms with Crippen LogP contribution in [0.5, 0.6) is 5.75 Å². The maximum absolute atomic E-state index is 12.8. The molecule has 2 aromatic carbocycles. The smallest absolute Gasteiger partial charge is 0.259 e. The average molecular weight is 300 g/mol. The van der Waals surface area contributed by atoms with Crippen LogP contribution in [-0.4, -0.2) is 11.0 Å². The number of aromatic hydroxyl groups is 1. The average Bonchev–Trinajstić information content (AvgIpc) is 2.26. The quantitative estimate of drug-likeness (QED) is 0.877. The number of anilines is 1. The van der Waals surface area contributed by atoms with Crippen LogP contribution in [0.15, 0.2) is 36.4 Å². The molecule has 3 nitrogen and oxygen atoms in total. The van der Waals surface area contributed by atoms with Gasteiger partial charge in [0.05, 0.1) is 5.56 Å². The van der Waals surface area contributed by atoms with Gasteiger partial charge in [0.25, 0.3) is 5.91 Å². The minimum absolute atomic E-state index is 0.0440. The predicted octanol–water partition coefficient (Wildman–Crippen LogP) is 4.09. The molecule has 0 aliphatic carbocycles. The van der Waals surface area contributed by atoms with E-state index in [2.05, 4.69) is 5.32 Å². The van der Waals surface area contributed by atoms with Crippen LogP contribution in [0.3, 0.4) is 0 Å². The topological polar surface area (TPSA) is 49.3 Å². The SMILES string of the molecule is O=C(Nc1cc(Cl)cc(Cl)c1)c1ccc(F)cc1O. The van der Waals surface area contributed by atoms with Gasteiger partial charge in [-0.1, -0.05) is 23.2 Å². The number of nitrogens with one attached hydrogen (secondary N) is 1. The van der Waals surface area contributed by atoms with Crippen LogP contribution >= 0.6 is 23.2 Å². The van der Waals surface area contributed by atoms with Crippen molar-refractivity contribution in [2.75, 3.05) is 5.32 Å². The molecule has 0 saturated heterocycles. The van der Waals surface area contributed by atoms with E-state index in [4.69, 9.17) is 23.2 Å². The zero-order valence-corrected chi connectivity index (χ0v) is 11.0. The minimum Gasteiger partial charge on any atom is -0.507 e. The molecular formula is C13H8Cl2FNO2. The summed E-state index contributed by atoms with van der Waals surface area (Å²) in [6.07, 6.45) is 0. The standard InChI is InChI=1S/C13H8Cl2FNO2/c14-7-3-8(15)5-10(4-7)17-13(19)11-2-1-9(16)6-12(11)18/h1-6,18H,(H,17,19). The van der Waals surface area contributed by atoms with Crippen molar-refractivity contribution in [2.45, 2.75) is 0 Å². The minimum atomic E-state index is -0.625. The summed E-state index contributed by atoms with van der Waals surface area (Å²) in [6.45, 7) is 0. The van der Waals surface area contributed by atoms with Gasteiger partial charge in [-0.3, -0.25) is 4.79 Å². The summed E-state index contributed by atoms with van der Waals surface area (Å²) in [5.74, 6) is -1.65. The molecule has 2 aromatic rings. The Kier molecular flexibility index (Phi) is 3.93. The number of hydrogen-bond donors (Lipinski definition) is 2. The Morgan fingerprint density at radius 1 is 1.11 bits per heavy atom. The first-order chi connectivity index (χ1) is 8.95. The highest BCUT2D eigenvalue weighted by Crippen LogP contribution is 2.24. The van der Waals surface area contributed by atoms with E-state index in [0.29, 0.717) is 15.7 Å². The van der Waals surface area contributed by atoms with E-state index in [0.717, 1.165) is 12.1 Å². The Morgan fingerprint density at radius 3 is 2.32 bits per heavy atom. The lowest BCUT2D eigenvalue weighted by atomic mass is 10.2. The third-order valence-electron chi connectivity index (χ3n) is 2.32. The molecule has 0 bridgehead atoms. The number of phenols is 1. The highest BCUT2D eigenvalue weighted by Gasteiger charge is 2.12. The van der Waals surface area contributed by atoms with Gasteiger partial charge in [-0.05, 0) is 30.3 Å². The highest BCUT2D eigenvalue weighted by atomic mass is 35.5. The maximum atomic E-state index is 12.8. The Hall–Kier alpha value is -1.78. The zero-order chi connectivity index (χ0) is 14.0. The molecule has 0 heterocycles. The molecule has 0 aliphatic rings. The van der Waals surface area contributed by atoms with Crippen LogP contribution in [0, 0.1) is 5.82 Å². The molecule has 6 heteroatoms. The van der Waals surface area contributed by atoms with Crippen molar-refractivity contribution in [1.29, 1.82) is 0 Å². The summed E-state index contributed by atoms with van der Waals surface area (Å²) in [5.41, 5.74) is 0.337. The van der Waals surface area contributed by atoms with Crippen LogP contribution in [0.25, 0.3) is 0 Å². The van der Waals surface area contributed by atoms with Crippen LogP contribution in [0.1, 0.15) is 10.4 Å². The molecule has 0 spiro atoms. The summed E-state index contributed by atoms with van der Waals surface area (Å²) in [7, 11) is 0. The fourth-order valence-corrected chi connectivity index (χ4v) is 2.05. The second-order valence-corrected chi connectivity index (χ2v) is 4.65. The Morgan fingerprint density at radius 2 is 1.74 bits per heavy atom. The van der Waals surface area contributed by atoms with Crippen molar-refractivity contribution >= 4 is 34.8 Å². The van der Waals surface area contributed by atoms with E-state index in [-0.39, 0.29) is 5.56 Å². The Bertz CT molecular complexity index is 626. The number of amides is 1. The molecule has 0 atom stereocenters.